The van der Waals surface area contributed by atoms with Gasteiger partial charge in [-0.1, -0.05) is 69.7 Å². The van der Waals surface area contributed by atoms with Gasteiger partial charge >= 0.3 is 11.9 Å². The van der Waals surface area contributed by atoms with Gasteiger partial charge in [-0.15, -0.1) is 0 Å². The van der Waals surface area contributed by atoms with Gasteiger partial charge < -0.3 is 9.84 Å². The molecule has 0 aliphatic carbocycles. The molecule has 2 aromatic carbocycles. The van der Waals surface area contributed by atoms with Gasteiger partial charge in [0, 0.05) is 24.7 Å². The van der Waals surface area contributed by atoms with Crippen LogP contribution in [0.25, 0.3) is 0 Å². The third-order valence-corrected chi connectivity index (χ3v) is 8.60. The van der Waals surface area contributed by atoms with E-state index in [2.05, 4.69) is 24.3 Å². The van der Waals surface area contributed by atoms with E-state index in [0.29, 0.717) is 32.4 Å². The maximum Gasteiger partial charge on any atom is 0.383 e. The van der Waals surface area contributed by atoms with Crippen LogP contribution in [0.2, 0.25) is 0 Å². The minimum absolute atomic E-state index is 0.237. The lowest BCUT2D eigenvalue weighted by Crippen LogP contribution is -2.68. The number of methoxy groups -OCH3 is 1. The van der Waals surface area contributed by atoms with Gasteiger partial charge in [-0.05, 0) is 54.9 Å². The van der Waals surface area contributed by atoms with Crippen LogP contribution >= 0.6 is 0 Å². The summed E-state index contributed by atoms with van der Waals surface area (Å²) in [4.78, 5) is 40.0. The number of rotatable bonds is 13. The molecule has 38 heavy (non-hydrogen) atoms. The normalized spacial score (nSPS) is 21.6. The Hall–Kier alpha value is -2.99. The van der Waals surface area contributed by atoms with Gasteiger partial charge in [-0.3, -0.25) is 4.79 Å². The van der Waals surface area contributed by atoms with Gasteiger partial charge in [0.05, 0.1) is 20.2 Å². The molecular weight excluding hydrogens is 478 g/mol. The Morgan fingerprint density at radius 1 is 0.974 bits per heavy atom. The van der Waals surface area contributed by atoms with Crippen LogP contribution in [-0.4, -0.2) is 53.5 Å². The van der Waals surface area contributed by atoms with Crippen molar-refractivity contribution in [3.8, 4) is 5.75 Å². The molecule has 206 valence electrons. The zero-order valence-corrected chi connectivity index (χ0v) is 23.4. The second-order valence-electron chi connectivity index (χ2n) is 11.4. The zero-order valence-electron chi connectivity index (χ0n) is 23.4. The lowest BCUT2D eigenvalue weighted by Gasteiger charge is -2.46. The summed E-state index contributed by atoms with van der Waals surface area (Å²) in [5, 5.41) is 10.4. The van der Waals surface area contributed by atoms with Crippen LogP contribution in [0.5, 0.6) is 5.75 Å². The van der Waals surface area contributed by atoms with E-state index in [-0.39, 0.29) is 10.4 Å². The first-order valence-electron chi connectivity index (χ1n) is 14.0. The number of piperidine rings is 1. The molecule has 1 N–H and O–H groups in total. The number of carbonyl (C=O) groups excluding carboxylic acids is 2. The standard InChI is InChI=1S/C32H43NO5/c1-5-32(2,3)29(34)30(35)33(21-19-25-15-17-27(38-4)18-16-25)22-20-26(23-28(33)31(36)37)14-10-9-13-24-11-7-6-8-12-24/h6-8,11-12,15-18,26,28H,5,9-10,13-14,19-23H2,1-4H3/p+1. The quantitative estimate of drug-likeness (QED) is 0.202. The largest absolute Gasteiger partial charge is 0.497 e. The number of carboxylic acid groups (broad SMARTS) is 1. The Balaban J connectivity index is 1.77. The third-order valence-electron chi connectivity index (χ3n) is 8.60. The number of ether oxygens (including phenoxy) is 1. The van der Waals surface area contributed by atoms with Crippen LogP contribution in [0.15, 0.2) is 54.6 Å². The molecule has 0 bridgehead atoms. The molecule has 3 rings (SSSR count). The number of benzene rings is 2. The minimum atomic E-state index is -0.982. The number of carbonyl (C=O) groups is 3. The molecule has 1 aliphatic heterocycles. The number of ketones is 1. The number of amides is 1. The Morgan fingerprint density at radius 3 is 2.24 bits per heavy atom. The van der Waals surface area contributed by atoms with Crippen molar-refractivity contribution in [1.29, 1.82) is 0 Å². The van der Waals surface area contributed by atoms with E-state index in [1.807, 2.05) is 37.3 Å². The van der Waals surface area contributed by atoms with E-state index in [9.17, 15) is 19.5 Å². The zero-order chi connectivity index (χ0) is 27.8. The number of aliphatic carboxylic acids is 1. The Labute approximate surface area is 227 Å². The van der Waals surface area contributed by atoms with Crippen LogP contribution in [0.1, 0.15) is 70.4 Å². The Morgan fingerprint density at radius 2 is 1.63 bits per heavy atom. The SMILES string of the molecule is CCC(C)(C)C(=O)C(=O)[N+]1(CCc2ccc(OC)cc2)CCC(CCCCc2ccccc2)CC1C(=O)O. The van der Waals surface area contributed by atoms with Crippen molar-refractivity contribution in [2.45, 2.75) is 78.2 Å². The first kappa shape index (κ1) is 29.6. The fourth-order valence-corrected chi connectivity index (χ4v) is 5.57. The van der Waals surface area contributed by atoms with E-state index in [1.54, 1.807) is 21.0 Å². The second kappa shape index (κ2) is 13.2. The molecule has 6 heteroatoms. The molecule has 0 aromatic heterocycles. The number of unbranched alkanes of at least 4 members (excludes halogenated alkanes) is 1. The number of carboxylic acids is 1. The number of nitrogens with zero attached hydrogens (tertiary/aromatic N) is 1. The van der Waals surface area contributed by atoms with E-state index in [0.717, 1.165) is 43.4 Å². The van der Waals surface area contributed by atoms with Crippen molar-refractivity contribution < 1.29 is 28.7 Å². The molecule has 1 heterocycles. The number of Topliss-reactive ketones (excluding diaryl/α,β-unsaturated/α-hetero) is 1. The van der Waals surface area contributed by atoms with E-state index < -0.39 is 29.1 Å². The van der Waals surface area contributed by atoms with Gasteiger partial charge in [-0.25, -0.2) is 14.1 Å². The van der Waals surface area contributed by atoms with E-state index in [1.165, 1.54) is 5.56 Å². The molecule has 1 aliphatic rings. The molecule has 0 radical (unpaired) electrons. The topological polar surface area (TPSA) is 80.7 Å². The highest BCUT2D eigenvalue weighted by Gasteiger charge is 2.55. The van der Waals surface area contributed by atoms with Crippen LogP contribution in [-0.2, 0) is 27.2 Å². The molecule has 0 saturated carbocycles. The van der Waals surface area contributed by atoms with Gasteiger partial charge in [-0.2, -0.15) is 0 Å². The molecule has 1 amide bonds. The summed E-state index contributed by atoms with van der Waals surface area (Å²) in [5.74, 6) is -1.00. The Bertz CT molecular complexity index is 1080. The summed E-state index contributed by atoms with van der Waals surface area (Å²) in [5.41, 5.74) is 1.49. The van der Waals surface area contributed by atoms with Crippen molar-refractivity contribution in [2.75, 3.05) is 20.2 Å². The lowest BCUT2D eigenvalue weighted by atomic mass is 9.80. The fourth-order valence-electron chi connectivity index (χ4n) is 5.57. The molecule has 0 spiro atoms. The molecule has 3 unspecified atom stereocenters. The lowest BCUT2D eigenvalue weighted by molar-refractivity contribution is -0.874. The summed E-state index contributed by atoms with van der Waals surface area (Å²) >= 11 is 0. The number of hydrogen-bond acceptors (Lipinski definition) is 4. The Kier molecular flexibility index (Phi) is 10.3. The summed E-state index contributed by atoms with van der Waals surface area (Å²) in [6, 6.07) is 17.1. The molecular formula is C32H44NO5+. The van der Waals surface area contributed by atoms with Crippen molar-refractivity contribution in [1.82, 2.24) is 0 Å². The number of quaternary nitrogens is 1. The first-order chi connectivity index (χ1) is 18.1. The van der Waals surface area contributed by atoms with E-state index >= 15 is 0 Å². The van der Waals surface area contributed by atoms with Crippen LogP contribution in [0.3, 0.4) is 0 Å². The molecule has 2 aromatic rings. The van der Waals surface area contributed by atoms with Gasteiger partial charge in [0.1, 0.15) is 5.75 Å². The molecule has 1 saturated heterocycles. The van der Waals surface area contributed by atoms with Crippen molar-refractivity contribution in [3.05, 3.63) is 65.7 Å². The monoisotopic (exact) mass is 522 g/mol. The summed E-state index contributed by atoms with van der Waals surface area (Å²) < 4.78 is 4.96. The smallest absolute Gasteiger partial charge is 0.383 e. The summed E-state index contributed by atoms with van der Waals surface area (Å²) in [6.45, 7) is 6.14. The number of aryl methyl sites for hydroxylation is 1. The minimum Gasteiger partial charge on any atom is -0.497 e. The molecule has 1 fully saturated rings. The predicted octanol–water partition coefficient (Wildman–Crippen LogP) is 5.86. The van der Waals surface area contributed by atoms with Crippen molar-refractivity contribution >= 4 is 17.7 Å². The van der Waals surface area contributed by atoms with Crippen molar-refractivity contribution in [3.63, 3.8) is 0 Å². The molecule has 3 atom stereocenters. The fraction of sp³-hybridized carbons (Fsp3) is 0.531. The third kappa shape index (κ3) is 7.10. The molecule has 6 nitrogen and oxygen atoms in total. The highest BCUT2D eigenvalue weighted by atomic mass is 16.5. The summed E-state index contributed by atoms with van der Waals surface area (Å²) in [7, 11) is 1.61. The van der Waals surface area contributed by atoms with Crippen LogP contribution < -0.4 is 4.74 Å². The van der Waals surface area contributed by atoms with Gasteiger partial charge in [0.25, 0.3) is 5.78 Å². The van der Waals surface area contributed by atoms with Crippen LogP contribution in [0.4, 0.5) is 0 Å². The average molecular weight is 523 g/mol. The highest BCUT2D eigenvalue weighted by Crippen LogP contribution is 2.36. The predicted molar refractivity (Wildman–Crippen MR) is 149 cm³/mol. The maximum absolute atomic E-state index is 13.9. The summed E-state index contributed by atoms with van der Waals surface area (Å²) in [6.07, 6.45) is 6.25. The number of hydrogen-bond donors (Lipinski definition) is 1. The van der Waals surface area contributed by atoms with Crippen molar-refractivity contribution in [2.24, 2.45) is 11.3 Å². The highest BCUT2D eigenvalue weighted by molar-refractivity contribution is 6.35. The second-order valence-corrected chi connectivity index (χ2v) is 11.4. The maximum atomic E-state index is 13.9. The van der Waals surface area contributed by atoms with Gasteiger partial charge in [0.2, 0.25) is 0 Å². The number of likely N-dealkylation sites (tertiary alicyclic amines) is 1. The first-order valence-corrected chi connectivity index (χ1v) is 14.0. The van der Waals surface area contributed by atoms with Gasteiger partial charge in [0.15, 0.2) is 6.04 Å². The van der Waals surface area contributed by atoms with E-state index in [4.69, 9.17) is 4.74 Å². The van der Waals surface area contributed by atoms with Crippen LogP contribution in [0, 0.1) is 11.3 Å². The average Bonchev–Trinajstić information content (AvgIpc) is 2.94.